The van der Waals surface area contributed by atoms with Gasteiger partial charge in [0.1, 0.15) is 6.04 Å². The summed E-state index contributed by atoms with van der Waals surface area (Å²) in [7, 11) is 0. The third kappa shape index (κ3) is 3.32. The summed E-state index contributed by atoms with van der Waals surface area (Å²) in [6.07, 6.45) is 1.54. The molecular weight excluding hydrogens is 264 g/mol. The standard InChI is InChI=1S/C12H19F2NO2.ClH/c1-2-17-10(16)9-7-11(8-15-9)3-5-12(13,14)6-4-11;/h9,15H,2-8H2,1H3;1H. The summed E-state index contributed by atoms with van der Waals surface area (Å²) in [5.74, 6) is -2.76. The topological polar surface area (TPSA) is 38.3 Å². The molecule has 106 valence electrons. The van der Waals surface area contributed by atoms with Crippen molar-refractivity contribution in [2.24, 2.45) is 5.41 Å². The van der Waals surface area contributed by atoms with Crippen LogP contribution in [0.4, 0.5) is 8.78 Å². The minimum absolute atomic E-state index is 0. The van der Waals surface area contributed by atoms with Gasteiger partial charge in [0, 0.05) is 19.4 Å². The highest BCUT2D eigenvalue weighted by atomic mass is 35.5. The summed E-state index contributed by atoms with van der Waals surface area (Å²) < 4.78 is 31.2. The summed E-state index contributed by atoms with van der Waals surface area (Å²) in [6, 6.07) is -0.304. The number of alkyl halides is 2. The number of carbonyl (C=O) groups is 1. The molecule has 1 aliphatic heterocycles. The minimum atomic E-state index is -2.51. The van der Waals surface area contributed by atoms with Gasteiger partial charge < -0.3 is 10.1 Å². The second-order valence-electron chi connectivity index (χ2n) is 5.25. The fourth-order valence-electron chi connectivity index (χ4n) is 2.85. The molecule has 2 fully saturated rings. The van der Waals surface area contributed by atoms with E-state index in [1.165, 1.54) is 0 Å². The second-order valence-corrected chi connectivity index (χ2v) is 5.25. The van der Waals surface area contributed by atoms with E-state index < -0.39 is 5.92 Å². The van der Waals surface area contributed by atoms with Gasteiger partial charge in [-0.2, -0.15) is 0 Å². The highest BCUT2D eigenvalue weighted by Crippen LogP contribution is 2.47. The Morgan fingerprint density at radius 3 is 2.50 bits per heavy atom. The normalized spacial score (nSPS) is 28.7. The maximum atomic E-state index is 13.1. The highest BCUT2D eigenvalue weighted by Gasteiger charge is 2.48. The number of hydrogen-bond donors (Lipinski definition) is 1. The van der Waals surface area contributed by atoms with Gasteiger partial charge in [-0.05, 0) is 31.6 Å². The lowest BCUT2D eigenvalue weighted by molar-refractivity contribution is -0.145. The molecule has 6 heteroatoms. The fraction of sp³-hybridized carbons (Fsp3) is 0.917. The first-order valence-corrected chi connectivity index (χ1v) is 6.24. The molecule has 18 heavy (non-hydrogen) atoms. The lowest BCUT2D eigenvalue weighted by Crippen LogP contribution is -2.34. The van der Waals surface area contributed by atoms with E-state index in [1.807, 2.05) is 0 Å². The predicted molar refractivity (Wildman–Crippen MR) is 66.1 cm³/mol. The summed E-state index contributed by atoms with van der Waals surface area (Å²) in [6.45, 7) is 2.79. The first kappa shape index (κ1) is 15.6. The monoisotopic (exact) mass is 283 g/mol. The first-order valence-electron chi connectivity index (χ1n) is 6.24. The largest absolute Gasteiger partial charge is 0.465 e. The van der Waals surface area contributed by atoms with Crippen molar-refractivity contribution in [3.8, 4) is 0 Å². The Morgan fingerprint density at radius 2 is 1.94 bits per heavy atom. The minimum Gasteiger partial charge on any atom is -0.465 e. The maximum absolute atomic E-state index is 13.1. The van der Waals surface area contributed by atoms with Crippen LogP contribution in [0.15, 0.2) is 0 Å². The highest BCUT2D eigenvalue weighted by molar-refractivity contribution is 5.85. The quantitative estimate of drug-likeness (QED) is 0.792. The summed E-state index contributed by atoms with van der Waals surface area (Å²) in [5, 5.41) is 3.11. The smallest absolute Gasteiger partial charge is 0.323 e. The number of rotatable bonds is 2. The van der Waals surface area contributed by atoms with E-state index >= 15 is 0 Å². The predicted octanol–water partition coefficient (Wildman–Crippen LogP) is 2.53. The van der Waals surface area contributed by atoms with Crippen molar-refractivity contribution in [3.05, 3.63) is 0 Å². The lowest BCUT2D eigenvalue weighted by atomic mass is 9.71. The van der Waals surface area contributed by atoms with Gasteiger partial charge in [-0.3, -0.25) is 4.79 Å². The Balaban J connectivity index is 0.00000162. The third-order valence-corrected chi connectivity index (χ3v) is 3.97. The molecule has 2 aliphatic rings. The van der Waals surface area contributed by atoms with Crippen LogP contribution in [-0.2, 0) is 9.53 Å². The van der Waals surface area contributed by atoms with Crippen molar-refractivity contribution >= 4 is 18.4 Å². The van der Waals surface area contributed by atoms with Gasteiger partial charge >= 0.3 is 5.97 Å². The molecule has 2 rings (SSSR count). The lowest BCUT2D eigenvalue weighted by Gasteiger charge is -2.36. The average molecular weight is 284 g/mol. The van der Waals surface area contributed by atoms with Crippen LogP contribution in [0.5, 0.6) is 0 Å². The number of esters is 1. The van der Waals surface area contributed by atoms with Crippen LogP contribution in [0.3, 0.4) is 0 Å². The molecule has 0 amide bonds. The average Bonchev–Trinajstić information content (AvgIpc) is 2.69. The Morgan fingerprint density at radius 1 is 1.33 bits per heavy atom. The van der Waals surface area contributed by atoms with Gasteiger partial charge in [-0.15, -0.1) is 12.4 Å². The number of ether oxygens (including phenoxy) is 1. The molecule has 1 saturated carbocycles. The molecule has 0 aromatic rings. The van der Waals surface area contributed by atoms with Crippen LogP contribution < -0.4 is 5.32 Å². The number of nitrogens with one attached hydrogen (secondary N) is 1. The van der Waals surface area contributed by atoms with Gasteiger partial charge in [0.05, 0.1) is 6.61 Å². The van der Waals surface area contributed by atoms with Crippen LogP contribution in [0.25, 0.3) is 0 Å². The fourth-order valence-corrected chi connectivity index (χ4v) is 2.85. The molecular formula is C12H20ClF2NO2. The molecule has 3 nitrogen and oxygen atoms in total. The maximum Gasteiger partial charge on any atom is 0.323 e. The molecule has 0 aromatic carbocycles. The number of halogens is 3. The van der Waals surface area contributed by atoms with E-state index in [2.05, 4.69) is 5.32 Å². The van der Waals surface area contributed by atoms with Gasteiger partial charge in [-0.1, -0.05) is 0 Å². The van der Waals surface area contributed by atoms with Crippen molar-refractivity contribution in [1.29, 1.82) is 0 Å². The number of carbonyl (C=O) groups excluding carboxylic acids is 1. The second kappa shape index (κ2) is 5.70. The Labute approximate surface area is 112 Å². The zero-order valence-electron chi connectivity index (χ0n) is 10.5. The molecule has 0 aromatic heterocycles. The van der Waals surface area contributed by atoms with E-state index in [-0.39, 0.29) is 42.7 Å². The van der Waals surface area contributed by atoms with Gasteiger partial charge in [0.2, 0.25) is 5.92 Å². The molecule has 1 aliphatic carbocycles. The molecule has 0 bridgehead atoms. The first-order chi connectivity index (χ1) is 7.96. The van der Waals surface area contributed by atoms with Crippen LogP contribution in [0.2, 0.25) is 0 Å². The van der Waals surface area contributed by atoms with Crippen molar-refractivity contribution in [2.75, 3.05) is 13.2 Å². The van der Waals surface area contributed by atoms with Crippen LogP contribution in [0.1, 0.15) is 39.0 Å². The zero-order valence-corrected chi connectivity index (χ0v) is 11.3. The SMILES string of the molecule is CCOC(=O)C1CC2(CCC(F)(F)CC2)CN1.Cl. The zero-order chi connectivity index (χ0) is 12.5. The molecule has 1 atom stereocenters. The molecule has 1 spiro atoms. The van der Waals surface area contributed by atoms with E-state index in [0.29, 0.717) is 32.4 Å². The van der Waals surface area contributed by atoms with E-state index in [9.17, 15) is 13.6 Å². The van der Waals surface area contributed by atoms with Crippen LogP contribution in [0, 0.1) is 5.41 Å². The Bertz CT molecular complexity index is 302. The summed E-state index contributed by atoms with van der Waals surface area (Å²) >= 11 is 0. The summed E-state index contributed by atoms with van der Waals surface area (Å²) in [5.41, 5.74) is -0.112. The molecule has 1 heterocycles. The van der Waals surface area contributed by atoms with E-state index in [1.54, 1.807) is 6.92 Å². The third-order valence-electron chi connectivity index (χ3n) is 3.97. The van der Waals surface area contributed by atoms with Crippen molar-refractivity contribution < 1.29 is 18.3 Å². The van der Waals surface area contributed by atoms with Crippen molar-refractivity contribution in [2.45, 2.75) is 51.0 Å². The number of hydrogen-bond acceptors (Lipinski definition) is 3. The summed E-state index contributed by atoms with van der Waals surface area (Å²) in [4.78, 5) is 11.6. The van der Waals surface area contributed by atoms with Gasteiger partial charge in [0.15, 0.2) is 0 Å². The molecule has 1 saturated heterocycles. The van der Waals surface area contributed by atoms with Crippen molar-refractivity contribution in [1.82, 2.24) is 5.32 Å². The molecule has 1 N–H and O–H groups in total. The van der Waals surface area contributed by atoms with Crippen LogP contribution in [-0.4, -0.2) is 31.1 Å². The van der Waals surface area contributed by atoms with Crippen LogP contribution >= 0.6 is 12.4 Å². The Hall–Kier alpha value is -0.420. The molecule has 1 unspecified atom stereocenters. The van der Waals surface area contributed by atoms with Gasteiger partial charge in [0.25, 0.3) is 0 Å². The van der Waals surface area contributed by atoms with E-state index in [0.717, 1.165) is 0 Å². The van der Waals surface area contributed by atoms with E-state index in [4.69, 9.17) is 4.74 Å². The van der Waals surface area contributed by atoms with Crippen molar-refractivity contribution in [3.63, 3.8) is 0 Å². The molecule has 0 radical (unpaired) electrons. The van der Waals surface area contributed by atoms with Gasteiger partial charge in [-0.25, -0.2) is 8.78 Å². The Kier molecular flexibility index (Phi) is 4.95.